The minimum Gasteiger partial charge on any atom is -0.507 e. The number of furan rings is 1. The fraction of sp³-hybridized carbons (Fsp3) is 0.125. The van der Waals surface area contributed by atoms with E-state index in [4.69, 9.17) is 4.42 Å². The first-order chi connectivity index (χ1) is 20.2. The van der Waals surface area contributed by atoms with Crippen molar-refractivity contribution < 1.29 is 39.1 Å². The molecule has 10 heteroatoms. The fourth-order valence-corrected chi connectivity index (χ4v) is 5.26. The normalized spacial score (nSPS) is 13.7. The van der Waals surface area contributed by atoms with Crippen LogP contribution in [0.1, 0.15) is 39.1 Å². The summed E-state index contributed by atoms with van der Waals surface area (Å²) in [5, 5.41) is 36.2. The molecule has 1 saturated carbocycles. The van der Waals surface area contributed by atoms with Crippen LogP contribution in [0.3, 0.4) is 0 Å². The van der Waals surface area contributed by atoms with Gasteiger partial charge in [-0.15, -0.1) is 0 Å². The highest BCUT2D eigenvalue weighted by Crippen LogP contribution is 2.46. The zero-order valence-corrected chi connectivity index (χ0v) is 22.4. The number of phenolic OH excluding ortho intramolecular Hbond substituents is 1. The van der Waals surface area contributed by atoms with Gasteiger partial charge in [-0.2, -0.15) is 10.4 Å². The largest absolute Gasteiger partial charge is 0.507 e. The number of quaternary nitrogens is 1. The van der Waals surface area contributed by atoms with Crippen LogP contribution in [0.2, 0.25) is 0 Å². The van der Waals surface area contributed by atoms with Gasteiger partial charge in [0.05, 0.1) is 16.7 Å². The van der Waals surface area contributed by atoms with Crippen LogP contribution in [0.4, 0.5) is 10.1 Å². The molecule has 1 aromatic heterocycles. The van der Waals surface area contributed by atoms with Gasteiger partial charge in [0.1, 0.15) is 22.9 Å². The molecule has 9 nitrogen and oxygen atoms in total. The standard InChI is InChI=1S/C32H26FN3O6/c1-34-31(39)28-24-16-22(25(36(40)41)17-27(24)42-29(28)18-7-10-21(33)11-8-18)23-15-19(9-12-26(23)37)30(38)35-32(13-14-32)20-5-3-2-4-6-20/h2-12,15-17,37,40-41H,13-14H2,1H3,(H,34,39)(H,35,38)/p+1. The molecule has 6 N–H and O–H groups in total. The topological polar surface area (TPSA) is 136 Å². The molecule has 1 heterocycles. The lowest BCUT2D eigenvalue weighted by atomic mass is 9.96. The zero-order valence-electron chi connectivity index (χ0n) is 22.4. The lowest BCUT2D eigenvalue weighted by Gasteiger charge is -2.18. The molecule has 212 valence electrons. The maximum Gasteiger partial charge on any atom is 0.255 e. The van der Waals surface area contributed by atoms with Gasteiger partial charge in [0.25, 0.3) is 11.8 Å². The Hall–Kier alpha value is -5.03. The summed E-state index contributed by atoms with van der Waals surface area (Å²) in [6, 6.07) is 22.2. The molecule has 0 spiro atoms. The molecule has 1 fully saturated rings. The number of fused-ring (bicyclic) bond motifs is 1. The Morgan fingerprint density at radius 1 is 0.905 bits per heavy atom. The van der Waals surface area contributed by atoms with Crippen LogP contribution in [-0.2, 0) is 5.54 Å². The number of rotatable bonds is 7. The summed E-state index contributed by atoms with van der Waals surface area (Å²) in [4.78, 5) is 26.4. The van der Waals surface area contributed by atoms with E-state index in [-0.39, 0.29) is 50.9 Å². The second-order valence-electron chi connectivity index (χ2n) is 10.2. The quantitative estimate of drug-likeness (QED) is 0.158. The van der Waals surface area contributed by atoms with Gasteiger partial charge in [0.2, 0.25) is 5.69 Å². The molecule has 0 unspecified atom stereocenters. The Morgan fingerprint density at radius 3 is 2.26 bits per heavy atom. The molecule has 0 bridgehead atoms. The number of phenols is 1. The van der Waals surface area contributed by atoms with Crippen LogP contribution >= 0.6 is 0 Å². The Bertz CT molecular complexity index is 1830. The van der Waals surface area contributed by atoms with E-state index in [0.29, 0.717) is 10.9 Å². The predicted octanol–water partition coefficient (Wildman–Crippen LogP) is 4.69. The van der Waals surface area contributed by atoms with Crippen molar-refractivity contribution in [2.24, 2.45) is 0 Å². The van der Waals surface area contributed by atoms with Crippen LogP contribution < -0.4 is 15.9 Å². The number of halogens is 1. The van der Waals surface area contributed by atoms with Crippen molar-refractivity contribution in [1.82, 2.24) is 10.6 Å². The maximum absolute atomic E-state index is 13.6. The molecular formula is C32H27FN3O6+. The summed E-state index contributed by atoms with van der Waals surface area (Å²) in [5.74, 6) is -1.38. The van der Waals surface area contributed by atoms with E-state index in [1.54, 1.807) is 0 Å². The third kappa shape index (κ3) is 4.77. The first-order valence-corrected chi connectivity index (χ1v) is 13.3. The molecule has 0 saturated heterocycles. The summed E-state index contributed by atoms with van der Waals surface area (Å²) >= 11 is 0. The monoisotopic (exact) mass is 568 g/mol. The van der Waals surface area contributed by atoms with Crippen molar-refractivity contribution in [3.05, 3.63) is 107 Å². The summed E-state index contributed by atoms with van der Waals surface area (Å²) in [6.07, 6.45) is 1.59. The number of hydrogen-bond donors (Lipinski definition) is 6. The molecule has 0 atom stereocenters. The number of carbonyl (C=O) groups excluding carboxylic acids is 2. The van der Waals surface area contributed by atoms with Crippen molar-refractivity contribution >= 4 is 28.5 Å². The number of benzene rings is 4. The van der Waals surface area contributed by atoms with E-state index >= 15 is 0 Å². The average molecular weight is 569 g/mol. The molecule has 6 rings (SSSR count). The maximum atomic E-state index is 13.6. The van der Waals surface area contributed by atoms with E-state index < -0.39 is 22.5 Å². The summed E-state index contributed by atoms with van der Waals surface area (Å²) in [5.41, 5.74) is 1.69. The molecule has 5 aromatic rings. The van der Waals surface area contributed by atoms with Crippen molar-refractivity contribution in [1.29, 1.82) is 0 Å². The van der Waals surface area contributed by atoms with E-state index in [1.165, 1.54) is 61.6 Å². The number of amides is 2. The molecule has 1 aliphatic carbocycles. The minimum absolute atomic E-state index is 0.0961. The van der Waals surface area contributed by atoms with E-state index in [0.717, 1.165) is 18.4 Å². The number of aromatic hydroxyl groups is 1. The van der Waals surface area contributed by atoms with Gasteiger partial charge < -0.3 is 20.2 Å². The van der Waals surface area contributed by atoms with E-state index in [9.17, 15) is 29.5 Å². The highest BCUT2D eigenvalue weighted by atomic mass is 19.1. The molecule has 1 aliphatic rings. The van der Waals surface area contributed by atoms with Crippen LogP contribution in [0.5, 0.6) is 5.75 Å². The third-order valence-corrected chi connectivity index (χ3v) is 7.61. The molecule has 0 radical (unpaired) electrons. The van der Waals surface area contributed by atoms with Gasteiger partial charge in [0.15, 0.2) is 0 Å². The van der Waals surface area contributed by atoms with Gasteiger partial charge in [0, 0.05) is 35.2 Å². The van der Waals surface area contributed by atoms with Gasteiger partial charge in [-0.1, -0.05) is 30.3 Å². The second-order valence-corrected chi connectivity index (χ2v) is 10.2. The van der Waals surface area contributed by atoms with E-state index in [2.05, 4.69) is 10.6 Å². The number of carbonyl (C=O) groups is 2. The van der Waals surface area contributed by atoms with Crippen LogP contribution in [0.15, 0.2) is 89.3 Å². The third-order valence-electron chi connectivity index (χ3n) is 7.61. The Labute approximate surface area is 239 Å². The zero-order chi connectivity index (χ0) is 29.6. The summed E-state index contributed by atoms with van der Waals surface area (Å²) < 4.78 is 19.6. The highest BCUT2D eigenvalue weighted by Gasteiger charge is 2.45. The number of hydrogen-bond acceptors (Lipinski definition) is 6. The van der Waals surface area contributed by atoms with Crippen molar-refractivity contribution in [2.75, 3.05) is 7.05 Å². The van der Waals surface area contributed by atoms with Crippen LogP contribution in [0, 0.1) is 5.82 Å². The average Bonchev–Trinajstić information content (AvgIpc) is 3.68. The SMILES string of the molecule is CNC(=O)c1c(-c2ccc(F)cc2)oc2cc([NH+](O)O)c(-c3cc(C(=O)NC4(c5ccccc5)CC4)ccc3O)cc12. The van der Waals surface area contributed by atoms with Crippen LogP contribution in [-0.4, -0.2) is 34.4 Å². The second kappa shape index (κ2) is 10.4. The molecule has 2 amide bonds. The number of nitrogens with one attached hydrogen (secondary N) is 3. The lowest BCUT2D eigenvalue weighted by molar-refractivity contribution is -1.19. The van der Waals surface area contributed by atoms with Gasteiger partial charge in [-0.05, 0) is 72.2 Å². The predicted molar refractivity (Wildman–Crippen MR) is 151 cm³/mol. The van der Waals surface area contributed by atoms with Crippen molar-refractivity contribution in [2.45, 2.75) is 18.4 Å². The van der Waals surface area contributed by atoms with Crippen LogP contribution in [0.25, 0.3) is 33.4 Å². The van der Waals surface area contributed by atoms with Gasteiger partial charge >= 0.3 is 0 Å². The van der Waals surface area contributed by atoms with Crippen molar-refractivity contribution in [3.63, 3.8) is 0 Å². The highest BCUT2D eigenvalue weighted by molar-refractivity contribution is 6.12. The minimum atomic E-state index is -1.05. The van der Waals surface area contributed by atoms with E-state index in [1.807, 2.05) is 30.3 Å². The molecular weight excluding hydrogens is 541 g/mol. The fourth-order valence-electron chi connectivity index (χ4n) is 5.26. The Kier molecular flexibility index (Phi) is 6.74. The summed E-state index contributed by atoms with van der Waals surface area (Å²) in [6.45, 7) is 0. The molecule has 4 aromatic carbocycles. The molecule has 42 heavy (non-hydrogen) atoms. The first-order valence-electron chi connectivity index (χ1n) is 13.3. The van der Waals surface area contributed by atoms with Gasteiger partial charge in [-0.25, -0.2) is 4.39 Å². The Balaban J connectivity index is 1.47. The molecule has 0 aliphatic heterocycles. The lowest BCUT2D eigenvalue weighted by Crippen LogP contribution is -3.02. The summed E-state index contributed by atoms with van der Waals surface area (Å²) in [7, 11) is 1.45. The first kappa shape index (κ1) is 27.2. The van der Waals surface area contributed by atoms with Crippen molar-refractivity contribution in [3.8, 4) is 28.2 Å². The van der Waals surface area contributed by atoms with Gasteiger partial charge in [-0.3, -0.25) is 9.59 Å². The smallest absolute Gasteiger partial charge is 0.255 e. The Morgan fingerprint density at radius 2 is 1.62 bits per heavy atom.